The van der Waals surface area contributed by atoms with Gasteiger partial charge in [-0.15, -0.1) is 0 Å². The van der Waals surface area contributed by atoms with E-state index in [1.165, 1.54) is 17.5 Å². The highest BCUT2D eigenvalue weighted by molar-refractivity contribution is 7.81. The van der Waals surface area contributed by atoms with Gasteiger partial charge in [0, 0.05) is 148 Å². The van der Waals surface area contributed by atoms with Gasteiger partial charge in [-0.05, 0) is 176 Å². The number of benzene rings is 3. The van der Waals surface area contributed by atoms with E-state index in [9.17, 15) is 0 Å². The fourth-order valence-electron chi connectivity index (χ4n) is 12.7. The molecule has 0 aliphatic carbocycles. The maximum Gasteiger partial charge on any atom is 0.227 e. The summed E-state index contributed by atoms with van der Waals surface area (Å²) in [6.07, 6.45) is 17.6. The number of likely N-dealkylation sites (N-methyl/N-ethyl adjacent to an activating group) is 1. The predicted molar refractivity (Wildman–Crippen MR) is 404 cm³/mol. The second-order valence-electron chi connectivity index (χ2n) is 25.2. The summed E-state index contributed by atoms with van der Waals surface area (Å²) in [4.78, 5) is 53.6. The number of piperidine rings is 1. The predicted octanol–water partition coefficient (Wildman–Crippen LogP) is 14.1. The lowest BCUT2D eigenvalue weighted by atomic mass is 9.90. The number of likely N-dealkylation sites (tertiary alicyclic amines) is 2. The monoisotopic (exact) mass is 1410 g/mol. The number of pyridine rings is 3. The van der Waals surface area contributed by atoms with Crippen LogP contribution in [0.15, 0.2) is 116 Å². The number of thiocarbonyl (C=S) groups is 3. The molecule has 0 radical (unpaired) electrons. The average Bonchev–Trinajstić information content (AvgIpc) is 1.76. The van der Waals surface area contributed by atoms with Gasteiger partial charge in [-0.1, -0.05) is 71.5 Å². The van der Waals surface area contributed by atoms with E-state index in [2.05, 4.69) is 115 Å². The molecule has 0 amide bonds. The van der Waals surface area contributed by atoms with Crippen molar-refractivity contribution in [2.24, 2.45) is 0 Å². The van der Waals surface area contributed by atoms with Crippen molar-refractivity contribution in [3.63, 3.8) is 0 Å². The molecule has 3 aromatic carbocycles. The van der Waals surface area contributed by atoms with Crippen molar-refractivity contribution in [1.29, 1.82) is 0 Å². The zero-order valence-corrected chi connectivity index (χ0v) is 59.2. The molecule has 0 spiro atoms. The van der Waals surface area contributed by atoms with Crippen LogP contribution in [0.2, 0.25) is 15.1 Å². The first-order chi connectivity index (χ1) is 47.0. The lowest BCUT2D eigenvalue weighted by molar-refractivity contribution is 0.122. The van der Waals surface area contributed by atoms with Crippen molar-refractivity contribution in [3.05, 3.63) is 170 Å². The molecule has 26 heteroatoms. The molecule has 0 bridgehead atoms. The van der Waals surface area contributed by atoms with E-state index in [-0.39, 0.29) is 0 Å². The number of aryl methyl sites for hydroxylation is 2. The normalized spacial score (nSPS) is 16.7. The molecule has 1 atom stereocenters. The summed E-state index contributed by atoms with van der Waals surface area (Å²) < 4.78 is 5.40. The molecule has 0 saturated carbocycles. The fraction of sp³-hybridized carbons (Fsp3) is 0.324. The zero-order valence-electron chi connectivity index (χ0n) is 54.5. The summed E-state index contributed by atoms with van der Waals surface area (Å²) in [5, 5.41) is 21.8. The zero-order chi connectivity index (χ0) is 67.3. The largest absolute Gasteiger partial charge is 0.378 e. The molecule has 3 saturated heterocycles. The van der Waals surface area contributed by atoms with Gasteiger partial charge in [0.1, 0.15) is 5.82 Å². The molecule has 9 aromatic rings. The van der Waals surface area contributed by atoms with Gasteiger partial charge < -0.3 is 56.2 Å². The third-order valence-electron chi connectivity index (χ3n) is 18.1. The van der Waals surface area contributed by atoms with Crippen LogP contribution in [0, 0.1) is 13.8 Å². The molecule has 6 aliphatic rings. The Morgan fingerprint density at radius 2 is 1.04 bits per heavy atom. The topological polar surface area (TPSA) is 210 Å². The van der Waals surface area contributed by atoms with Gasteiger partial charge in [-0.3, -0.25) is 9.97 Å². The summed E-state index contributed by atoms with van der Waals surface area (Å²) in [6, 6.07) is 26.1. The average molecular weight is 1410 g/mol. The molecule has 498 valence electrons. The van der Waals surface area contributed by atoms with Gasteiger partial charge in [0.2, 0.25) is 17.8 Å². The second-order valence-corrected chi connectivity index (χ2v) is 28.0. The highest BCUT2D eigenvalue weighted by Crippen LogP contribution is 2.39. The number of aromatic nitrogens is 9. The quantitative estimate of drug-likeness (QED) is 0.0628. The van der Waals surface area contributed by atoms with Crippen LogP contribution in [0.1, 0.15) is 64.4 Å². The Morgan fingerprint density at radius 3 is 1.53 bits per heavy atom. The van der Waals surface area contributed by atoms with Gasteiger partial charge in [-0.25, -0.2) is 34.9 Å². The van der Waals surface area contributed by atoms with E-state index in [1.54, 1.807) is 6.20 Å². The van der Waals surface area contributed by atoms with E-state index in [4.69, 9.17) is 91.1 Å². The van der Waals surface area contributed by atoms with Crippen LogP contribution in [0.4, 0.5) is 57.8 Å². The molecule has 97 heavy (non-hydrogen) atoms. The Labute approximate surface area is 596 Å². The van der Waals surface area contributed by atoms with Crippen molar-refractivity contribution in [2.75, 3.05) is 117 Å². The maximum atomic E-state index is 6.22. The summed E-state index contributed by atoms with van der Waals surface area (Å²) >= 11 is 35.0. The standard InChI is InChI=1S/C26H30ClN7S.C24H25ClN6S.C21H19ClN6OS/c1-16-22(10-17(13-28-16)6-8-34-9-7-20(15-34)33(2)3)31-26-29-14-18-11-24(35)30-23-12-19(27)4-5-21(23)25(18)32-26;1-14-20(9-16(12-26-14)15-5-7-31(2)8-6-15)29-24-27-13-17-10-22(32)28-21-11-18(25)3-4-19(21)23(17)30-24;22-14-1-3-16-17(10-14)26-19(30)9-13-11-24-21(27-20(13)16)25-15-2-4-18(23-12-15)28-5-7-29-8-6-28/h4-5,10,12-14,20H,6-9,11,15H2,1-3H3,(H,30,35)(H,29,31,32);3-4,9,11-13,15H,5-8,10H2,1-2H3,(H,28,32)(H,27,29,30);1-4,10-12H,5-9H2,(H,26,30)(H,24,25,27). The van der Waals surface area contributed by atoms with Crippen molar-refractivity contribution in [1.82, 2.24) is 59.6 Å². The Balaban J connectivity index is 0.000000132. The molecule has 6 aliphatic heterocycles. The summed E-state index contributed by atoms with van der Waals surface area (Å²) in [7, 11) is 6.51. The second kappa shape index (κ2) is 30.4. The highest BCUT2D eigenvalue weighted by Gasteiger charge is 2.27. The number of rotatable bonds is 12. The van der Waals surface area contributed by atoms with E-state index in [0.717, 1.165) is 190 Å². The smallest absolute Gasteiger partial charge is 0.227 e. The number of nitrogens with zero attached hydrogens (tertiary/aromatic N) is 13. The molecular weight excluding hydrogens is 1340 g/mol. The molecule has 6 aromatic heterocycles. The lowest BCUT2D eigenvalue weighted by Crippen LogP contribution is -2.36. The van der Waals surface area contributed by atoms with Crippen LogP contribution >= 0.6 is 71.5 Å². The number of fused-ring (bicyclic) bond motifs is 9. The van der Waals surface area contributed by atoms with Gasteiger partial charge in [-0.2, -0.15) is 0 Å². The number of ether oxygens (including phenoxy) is 1. The van der Waals surface area contributed by atoms with Crippen LogP contribution < -0.4 is 36.8 Å². The van der Waals surface area contributed by atoms with Crippen LogP contribution in [-0.4, -0.2) is 161 Å². The molecule has 3 fully saturated rings. The van der Waals surface area contributed by atoms with Gasteiger partial charge in [0.05, 0.1) is 79.9 Å². The lowest BCUT2D eigenvalue weighted by Gasteiger charge is -2.29. The Kier molecular flexibility index (Phi) is 21.1. The first-order valence-corrected chi connectivity index (χ1v) is 34.8. The van der Waals surface area contributed by atoms with Crippen molar-refractivity contribution >= 4 is 144 Å². The molecule has 1 unspecified atom stereocenters. The van der Waals surface area contributed by atoms with Crippen LogP contribution in [-0.2, 0) is 30.4 Å². The maximum absolute atomic E-state index is 6.22. The van der Waals surface area contributed by atoms with Gasteiger partial charge >= 0.3 is 0 Å². The van der Waals surface area contributed by atoms with Crippen LogP contribution in [0.3, 0.4) is 0 Å². The van der Waals surface area contributed by atoms with E-state index < -0.39 is 0 Å². The summed E-state index contributed by atoms with van der Waals surface area (Å²) in [5.74, 6) is 3.06. The summed E-state index contributed by atoms with van der Waals surface area (Å²) in [5.41, 5.74) is 18.0. The summed E-state index contributed by atoms with van der Waals surface area (Å²) in [6.45, 7) is 12.7. The molecule has 15 rings (SSSR count). The number of anilines is 10. The third kappa shape index (κ3) is 16.6. The highest BCUT2D eigenvalue weighted by atomic mass is 35.5. The minimum Gasteiger partial charge on any atom is -0.378 e. The van der Waals surface area contributed by atoms with Crippen molar-refractivity contribution in [3.8, 4) is 33.8 Å². The molecule has 6 N–H and O–H groups in total. The van der Waals surface area contributed by atoms with E-state index in [1.807, 2.05) is 112 Å². The minimum absolute atomic E-state index is 0.503. The number of morpholine rings is 1. The third-order valence-corrected chi connectivity index (χ3v) is 19.6. The molecule has 12 heterocycles. The Morgan fingerprint density at radius 1 is 0.546 bits per heavy atom. The molecule has 20 nitrogen and oxygen atoms in total. The number of hydrogen-bond acceptors (Lipinski definition) is 20. The number of halogens is 3. The first-order valence-electron chi connectivity index (χ1n) is 32.4. The minimum atomic E-state index is 0.503. The van der Waals surface area contributed by atoms with Crippen molar-refractivity contribution < 1.29 is 4.74 Å². The fourth-order valence-corrected chi connectivity index (χ4v) is 14.0. The number of hydrogen-bond donors (Lipinski definition) is 6. The number of nitrogens with one attached hydrogen (secondary N) is 6. The van der Waals surface area contributed by atoms with Crippen LogP contribution in [0.5, 0.6) is 0 Å². The van der Waals surface area contributed by atoms with Crippen molar-refractivity contribution in [2.45, 2.75) is 70.8 Å². The Hall–Kier alpha value is -8.07. The van der Waals surface area contributed by atoms with Gasteiger partial charge in [0.25, 0.3) is 0 Å². The van der Waals surface area contributed by atoms with Crippen LogP contribution in [0.25, 0.3) is 33.8 Å². The molecular formula is C71H74Cl3N19OS3. The van der Waals surface area contributed by atoms with E-state index in [0.29, 0.717) is 69.1 Å². The first kappa shape index (κ1) is 67.5. The van der Waals surface area contributed by atoms with E-state index >= 15 is 0 Å². The SMILES string of the molecule is Cc1ncc(C2CCN(C)CC2)cc1Nc1ncc2c(n1)-c1ccc(Cl)cc1NC(=S)C2.Cc1ncc(CCN2CCC(N(C)C)C2)cc1Nc1ncc2c(n1)-c1ccc(Cl)cc1NC(=S)C2.S=C1Cc2cnc(Nc3ccc(N4CCOCC4)nc3)nc2-c2ccc(Cl)cc2N1. The van der Waals surface area contributed by atoms with Gasteiger partial charge in [0.15, 0.2) is 0 Å². The Bertz CT molecular complexity index is 4440.